The summed E-state index contributed by atoms with van der Waals surface area (Å²) in [6.45, 7) is 0.918. The average Bonchev–Trinajstić information content (AvgIpc) is 2.72. The zero-order chi connectivity index (χ0) is 12.1. The number of methoxy groups -OCH3 is 1. The van der Waals surface area contributed by atoms with E-state index in [1.165, 1.54) is 0 Å². The van der Waals surface area contributed by atoms with Crippen LogP contribution in [0.5, 0.6) is 0 Å². The molecule has 0 spiro atoms. The van der Waals surface area contributed by atoms with Crippen LogP contribution in [0.1, 0.15) is 12.0 Å². The highest BCUT2D eigenvalue weighted by Gasteiger charge is 2.33. The standard InChI is InChI=1S/C13H18O4/c1-15-13-7-11(14)12(17-13)9-16-8-10-5-3-2-4-6-10/h2-6,11-14H,7-9H2,1H3/t11-,12+,13?/m1/s1. The molecule has 0 radical (unpaired) electrons. The summed E-state index contributed by atoms with van der Waals surface area (Å²) in [7, 11) is 1.57. The summed E-state index contributed by atoms with van der Waals surface area (Å²) in [5, 5.41) is 9.70. The van der Waals surface area contributed by atoms with Gasteiger partial charge in [0.2, 0.25) is 0 Å². The number of aliphatic hydroxyl groups excluding tert-OH is 1. The quantitative estimate of drug-likeness (QED) is 0.840. The summed E-state index contributed by atoms with van der Waals surface area (Å²) < 4.78 is 16.0. The molecule has 1 fully saturated rings. The summed E-state index contributed by atoms with van der Waals surface area (Å²) in [6.07, 6.45) is -0.592. The van der Waals surface area contributed by atoms with E-state index in [0.717, 1.165) is 5.56 Å². The van der Waals surface area contributed by atoms with Crippen molar-refractivity contribution in [3.63, 3.8) is 0 Å². The first-order valence-electron chi connectivity index (χ1n) is 5.77. The summed E-state index contributed by atoms with van der Waals surface area (Å²) >= 11 is 0. The Kier molecular flexibility index (Phi) is 4.50. The predicted octanol–water partition coefficient (Wildman–Crippen LogP) is 1.33. The van der Waals surface area contributed by atoms with Gasteiger partial charge in [0.25, 0.3) is 0 Å². The highest BCUT2D eigenvalue weighted by Crippen LogP contribution is 2.21. The minimum atomic E-state index is -0.504. The van der Waals surface area contributed by atoms with Crippen LogP contribution < -0.4 is 0 Å². The maximum atomic E-state index is 9.70. The number of ether oxygens (including phenoxy) is 3. The van der Waals surface area contributed by atoms with Crippen molar-refractivity contribution in [3.8, 4) is 0 Å². The first-order chi connectivity index (χ1) is 8.29. The molecule has 0 aromatic heterocycles. The summed E-state index contributed by atoms with van der Waals surface area (Å²) in [6, 6.07) is 9.92. The average molecular weight is 238 g/mol. The van der Waals surface area contributed by atoms with Gasteiger partial charge in [-0.25, -0.2) is 0 Å². The van der Waals surface area contributed by atoms with E-state index in [2.05, 4.69) is 0 Å². The molecule has 0 saturated carbocycles. The topological polar surface area (TPSA) is 47.9 Å². The molecule has 0 amide bonds. The fraction of sp³-hybridized carbons (Fsp3) is 0.538. The molecule has 4 heteroatoms. The maximum absolute atomic E-state index is 9.70. The van der Waals surface area contributed by atoms with Crippen LogP contribution >= 0.6 is 0 Å². The van der Waals surface area contributed by atoms with E-state index in [0.29, 0.717) is 19.6 Å². The van der Waals surface area contributed by atoms with Crippen LogP contribution in [0, 0.1) is 0 Å². The molecule has 0 aliphatic carbocycles. The molecular formula is C13H18O4. The molecule has 17 heavy (non-hydrogen) atoms. The molecule has 4 nitrogen and oxygen atoms in total. The normalized spacial score (nSPS) is 28.5. The SMILES string of the molecule is COC1C[C@@H](O)[C@H](COCc2ccccc2)O1. The van der Waals surface area contributed by atoms with Crippen LogP contribution in [-0.4, -0.2) is 37.3 Å². The molecule has 1 N–H and O–H groups in total. The van der Waals surface area contributed by atoms with Crippen molar-refractivity contribution in [3.05, 3.63) is 35.9 Å². The highest BCUT2D eigenvalue weighted by molar-refractivity contribution is 5.13. The van der Waals surface area contributed by atoms with Gasteiger partial charge in [0.15, 0.2) is 6.29 Å². The van der Waals surface area contributed by atoms with Crippen molar-refractivity contribution in [2.45, 2.75) is 31.5 Å². The fourth-order valence-corrected chi connectivity index (χ4v) is 1.86. The number of hydrogen-bond acceptors (Lipinski definition) is 4. The lowest BCUT2D eigenvalue weighted by Gasteiger charge is -2.14. The largest absolute Gasteiger partial charge is 0.390 e. The molecule has 94 valence electrons. The summed E-state index contributed by atoms with van der Waals surface area (Å²) in [4.78, 5) is 0. The number of hydrogen-bond donors (Lipinski definition) is 1. The van der Waals surface area contributed by atoms with E-state index in [-0.39, 0.29) is 12.4 Å². The third-order valence-corrected chi connectivity index (χ3v) is 2.85. The van der Waals surface area contributed by atoms with E-state index in [1.54, 1.807) is 7.11 Å². The lowest BCUT2D eigenvalue weighted by atomic mass is 10.2. The van der Waals surface area contributed by atoms with Crippen molar-refractivity contribution >= 4 is 0 Å². The van der Waals surface area contributed by atoms with Crippen molar-refractivity contribution < 1.29 is 19.3 Å². The van der Waals surface area contributed by atoms with Crippen LogP contribution in [0.15, 0.2) is 30.3 Å². The van der Waals surface area contributed by atoms with Gasteiger partial charge in [0.1, 0.15) is 6.10 Å². The van der Waals surface area contributed by atoms with Crippen molar-refractivity contribution in [1.82, 2.24) is 0 Å². The summed E-state index contributed by atoms with van der Waals surface area (Å²) in [5.41, 5.74) is 1.11. The summed E-state index contributed by atoms with van der Waals surface area (Å²) in [5.74, 6) is 0. The first-order valence-corrected chi connectivity index (χ1v) is 5.77. The third-order valence-electron chi connectivity index (χ3n) is 2.85. The molecule has 1 aromatic rings. The number of aliphatic hydroxyl groups is 1. The van der Waals surface area contributed by atoms with Gasteiger partial charge in [-0.1, -0.05) is 30.3 Å². The molecule has 1 aliphatic rings. The zero-order valence-electron chi connectivity index (χ0n) is 9.91. The zero-order valence-corrected chi connectivity index (χ0v) is 9.91. The Bertz CT molecular complexity index is 327. The van der Waals surface area contributed by atoms with Gasteiger partial charge in [-0.05, 0) is 5.56 Å². The maximum Gasteiger partial charge on any atom is 0.160 e. The van der Waals surface area contributed by atoms with Crippen molar-refractivity contribution in [2.75, 3.05) is 13.7 Å². The Morgan fingerprint density at radius 1 is 1.35 bits per heavy atom. The van der Waals surface area contributed by atoms with Gasteiger partial charge in [-0.3, -0.25) is 0 Å². The van der Waals surface area contributed by atoms with Crippen LogP contribution in [0.4, 0.5) is 0 Å². The predicted molar refractivity (Wildman–Crippen MR) is 62.4 cm³/mol. The van der Waals surface area contributed by atoms with E-state index in [1.807, 2.05) is 30.3 Å². The van der Waals surface area contributed by atoms with Crippen LogP contribution in [0.3, 0.4) is 0 Å². The molecule has 2 rings (SSSR count). The van der Waals surface area contributed by atoms with E-state index in [9.17, 15) is 5.11 Å². The molecule has 3 atom stereocenters. The van der Waals surface area contributed by atoms with Gasteiger partial charge in [-0.2, -0.15) is 0 Å². The van der Waals surface area contributed by atoms with E-state index in [4.69, 9.17) is 14.2 Å². The molecule has 1 saturated heterocycles. The van der Waals surface area contributed by atoms with E-state index < -0.39 is 6.10 Å². The second kappa shape index (κ2) is 6.12. The Hall–Kier alpha value is -0.940. The van der Waals surface area contributed by atoms with Gasteiger partial charge in [0, 0.05) is 13.5 Å². The van der Waals surface area contributed by atoms with Gasteiger partial charge in [0.05, 0.1) is 19.3 Å². The Morgan fingerprint density at radius 3 is 2.76 bits per heavy atom. The van der Waals surface area contributed by atoms with Crippen LogP contribution in [0.2, 0.25) is 0 Å². The number of rotatable bonds is 5. The van der Waals surface area contributed by atoms with Crippen LogP contribution in [0.25, 0.3) is 0 Å². The van der Waals surface area contributed by atoms with Crippen molar-refractivity contribution in [2.24, 2.45) is 0 Å². The second-order valence-electron chi connectivity index (χ2n) is 4.14. The molecular weight excluding hydrogens is 220 g/mol. The third kappa shape index (κ3) is 3.51. The Labute approximate surface area is 101 Å². The Balaban J connectivity index is 1.72. The lowest BCUT2D eigenvalue weighted by molar-refractivity contribution is -0.134. The van der Waals surface area contributed by atoms with E-state index >= 15 is 0 Å². The Morgan fingerprint density at radius 2 is 2.12 bits per heavy atom. The van der Waals surface area contributed by atoms with Gasteiger partial charge in [-0.15, -0.1) is 0 Å². The second-order valence-corrected chi connectivity index (χ2v) is 4.14. The first kappa shape index (κ1) is 12.5. The fourth-order valence-electron chi connectivity index (χ4n) is 1.86. The molecule has 1 aromatic carbocycles. The molecule has 1 unspecified atom stereocenters. The lowest BCUT2D eigenvalue weighted by Crippen LogP contribution is -2.26. The molecule has 0 bridgehead atoms. The van der Waals surface area contributed by atoms with Gasteiger partial charge < -0.3 is 19.3 Å². The molecule has 1 heterocycles. The van der Waals surface area contributed by atoms with Gasteiger partial charge >= 0.3 is 0 Å². The highest BCUT2D eigenvalue weighted by atomic mass is 16.7. The van der Waals surface area contributed by atoms with Crippen LogP contribution in [-0.2, 0) is 20.8 Å². The number of benzene rings is 1. The minimum Gasteiger partial charge on any atom is -0.390 e. The monoisotopic (exact) mass is 238 g/mol. The smallest absolute Gasteiger partial charge is 0.160 e. The minimum absolute atomic E-state index is 0.288. The van der Waals surface area contributed by atoms with Crippen molar-refractivity contribution in [1.29, 1.82) is 0 Å². The molecule has 1 aliphatic heterocycles.